The van der Waals surface area contributed by atoms with Gasteiger partial charge in [0.2, 0.25) is 0 Å². The molecular weight excluding hydrogens is 692 g/mol. The first-order valence-electron chi connectivity index (χ1n) is 20.0. The number of carbonyl (C=O) groups is 1. The lowest BCUT2D eigenvalue weighted by Crippen LogP contribution is -2.60. The molecule has 1 saturated heterocycles. The summed E-state index contributed by atoms with van der Waals surface area (Å²) < 4.78 is 57.4. The molecule has 13 heteroatoms. The van der Waals surface area contributed by atoms with Gasteiger partial charge in [0, 0.05) is 13.5 Å². The lowest BCUT2D eigenvalue weighted by Gasteiger charge is -2.41. The number of carbonyl (C=O) groups excluding carboxylic acids is 1. The molecule has 52 heavy (non-hydrogen) atoms. The first-order chi connectivity index (χ1) is 25.1. The molecule has 1 heterocycles. The Bertz CT molecular complexity index is 1020. The molecule has 0 spiro atoms. The third kappa shape index (κ3) is 26.4. The maximum Gasteiger partial charge on any atom is 0.397 e. The molecule has 306 valence electrons. The molecule has 0 aromatic rings. The Balaban J connectivity index is 2.01. The zero-order valence-electron chi connectivity index (χ0n) is 32.1. The molecule has 6 unspecified atom stereocenters. The van der Waals surface area contributed by atoms with Crippen molar-refractivity contribution in [2.45, 2.75) is 192 Å². The monoisotopic (exact) mass is 764 g/mol. The van der Waals surface area contributed by atoms with Gasteiger partial charge < -0.3 is 34.3 Å². The van der Waals surface area contributed by atoms with Crippen LogP contribution < -0.4 is 0 Å². The zero-order chi connectivity index (χ0) is 38.3. The molecule has 1 rings (SSSR count). The van der Waals surface area contributed by atoms with Gasteiger partial charge in [-0.1, -0.05) is 134 Å². The summed E-state index contributed by atoms with van der Waals surface area (Å²) in [6.07, 6.45) is 27.8. The lowest BCUT2D eigenvalue weighted by atomic mass is 9.99. The van der Waals surface area contributed by atoms with Crippen LogP contribution in [0.3, 0.4) is 0 Å². The van der Waals surface area contributed by atoms with Crippen LogP contribution in [0.2, 0.25) is 0 Å². The second kappa shape index (κ2) is 31.9. The number of aliphatic hydroxyl groups is 3. The molecular formula is C39H72O12S. The van der Waals surface area contributed by atoms with E-state index in [9.17, 15) is 28.5 Å². The van der Waals surface area contributed by atoms with Crippen LogP contribution in [0.15, 0.2) is 24.3 Å². The van der Waals surface area contributed by atoms with Crippen LogP contribution in [0.1, 0.15) is 155 Å². The van der Waals surface area contributed by atoms with E-state index in [2.05, 4.69) is 35.4 Å². The van der Waals surface area contributed by atoms with Crippen LogP contribution >= 0.6 is 0 Å². The van der Waals surface area contributed by atoms with Gasteiger partial charge in [0.05, 0.1) is 19.8 Å². The van der Waals surface area contributed by atoms with Crippen LogP contribution in [-0.4, -0.2) is 97.5 Å². The Morgan fingerprint density at radius 1 is 0.731 bits per heavy atom. The summed E-state index contributed by atoms with van der Waals surface area (Å²) >= 11 is 0. The van der Waals surface area contributed by atoms with Gasteiger partial charge in [-0.05, 0) is 38.5 Å². The van der Waals surface area contributed by atoms with E-state index < -0.39 is 59.8 Å². The van der Waals surface area contributed by atoms with Gasteiger partial charge in [0.15, 0.2) is 6.29 Å². The molecule has 1 aliphatic rings. The van der Waals surface area contributed by atoms with E-state index in [1.807, 2.05) is 0 Å². The lowest BCUT2D eigenvalue weighted by molar-refractivity contribution is -0.301. The van der Waals surface area contributed by atoms with Crippen molar-refractivity contribution in [3.05, 3.63) is 24.3 Å². The van der Waals surface area contributed by atoms with E-state index in [1.165, 1.54) is 122 Å². The summed E-state index contributed by atoms with van der Waals surface area (Å²) in [5.41, 5.74) is 0. The normalized spacial score (nSPS) is 21.7. The Labute approximate surface area is 314 Å². The number of esters is 1. The van der Waals surface area contributed by atoms with Gasteiger partial charge in [-0.2, -0.15) is 8.42 Å². The van der Waals surface area contributed by atoms with Gasteiger partial charge in [0.25, 0.3) is 0 Å². The smallest absolute Gasteiger partial charge is 0.397 e. The van der Waals surface area contributed by atoms with Crippen LogP contribution in [0, 0.1) is 0 Å². The van der Waals surface area contributed by atoms with Gasteiger partial charge in [-0.25, -0.2) is 4.18 Å². The molecule has 0 aromatic carbocycles. The van der Waals surface area contributed by atoms with E-state index in [1.54, 1.807) is 0 Å². The molecule has 4 N–H and O–H groups in total. The predicted octanol–water partition coefficient (Wildman–Crippen LogP) is 7.29. The molecule has 0 amide bonds. The molecule has 1 aliphatic heterocycles. The maximum absolute atomic E-state index is 11.6. The van der Waals surface area contributed by atoms with Gasteiger partial charge >= 0.3 is 16.4 Å². The van der Waals surface area contributed by atoms with Gasteiger partial charge in [-0.3, -0.25) is 9.35 Å². The minimum absolute atomic E-state index is 0.0220. The fourth-order valence-corrected chi connectivity index (χ4v) is 6.68. The van der Waals surface area contributed by atoms with Crippen molar-refractivity contribution in [3.63, 3.8) is 0 Å². The summed E-state index contributed by atoms with van der Waals surface area (Å²) in [6, 6.07) is 0. The molecule has 12 nitrogen and oxygen atoms in total. The number of unbranched alkanes of at least 4 members (excludes halogenated alkanes) is 19. The molecule has 0 aliphatic carbocycles. The standard InChI is InChI=1S/C39H72O12S/c1-3-4-5-6-7-8-9-10-11-12-13-14-15-16-17-18-19-20-21-22-23-24-25-26-27-28-29-47-31-34(49-33(2)41)32-48-39-37(43)38(51-52(44,45)46)36(42)35(30-40)50-39/h9-10,12-13,34-40,42-43H,3-8,11,14-32H2,1-2H3,(H,44,45,46)/b10-9-,13-12-. The van der Waals surface area contributed by atoms with Gasteiger partial charge in [-0.15, -0.1) is 0 Å². The number of hydrogen-bond donors (Lipinski definition) is 4. The average molecular weight is 765 g/mol. The highest BCUT2D eigenvalue weighted by atomic mass is 32.3. The van der Waals surface area contributed by atoms with E-state index in [0.717, 1.165) is 25.7 Å². The fraction of sp³-hybridized carbons (Fsp3) is 0.872. The topological polar surface area (TPSA) is 178 Å². The van der Waals surface area contributed by atoms with Crippen molar-refractivity contribution >= 4 is 16.4 Å². The highest BCUT2D eigenvalue weighted by Crippen LogP contribution is 2.26. The van der Waals surface area contributed by atoms with Crippen molar-refractivity contribution < 1.29 is 56.2 Å². The summed E-state index contributed by atoms with van der Waals surface area (Å²) in [6.45, 7) is 2.95. The second-order valence-corrected chi connectivity index (χ2v) is 15.0. The minimum atomic E-state index is -5.04. The zero-order valence-corrected chi connectivity index (χ0v) is 32.9. The number of allylic oxidation sites excluding steroid dienone is 4. The number of ether oxygens (including phenoxy) is 4. The van der Waals surface area contributed by atoms with Crippen LogP contribution in [0.4, 0.5) is 0 Å². The highest BCUT2D eigenvalue weighted by Gasteiger charge is 2.48. The van der Waals surface area contributed by atoms with Crippen molar-refractivity contribution in [2.75, 3.05) is 26.4 Å². The average Bonchev–Trinajstić information content (AvgIpc) is 3.10. The van der Waals surface area contributed by atoms with Crippen LogP contribution in [0.25, 0.3) is 0 Å². The molecule has 0 aromatic heterocycles. The van der Waals surface area contributed by atoms with E-state index in [-0.39, 0.29) is 13.2 Å². The summed E-state index contributed by atoms with van der Waals surface area (Å²) in [4.78, 5) is 11.6. The van der Waals surface area contributed by atoms with Crippen molar-refractivity contribution in [1.29, 1.82) is 0 Å². The number of aliphatic hydroxyl groups excluding tert-OH is 3. The highest BCUT2D eigenvalue weighted by molar-refractivity contribution is 7.80. The largest absolute Gasteiger partial charge is 0.458 e. The second-order valence-electron chi connectivity index (χ2n) is 14.0. The van der Waals surface area contributed by atoms with Crippen molar-refractivity contribution in [1.82, 2.24) is 0 Å². The third-order valence-electron chi connectivity index (χ3n) is 9.13. The molecule has 0 saturated carbocycles. The minimum Gasteiger partial charge on any atom is -0.458 e. The van der Waals surface area contributed by atoms with Crippen molar-refractivity contribution in [2.24, 2.45) is 0 Å². The molecule has 0 bridgehead atoms. The first kappa shape index (κ1) is 48.6. The predicted molar refractivity (Wildman–Crippen MR) is 202 cm³/mol. The Kier molecular flexibility index (Phi) is 29.8. The SMILES string of the molecule is CCCCCCC/C=C\C/C=C\CCCCCCCCCCCCCCCCOCC(COC1OC(CO)C(O)C(OS(=O)(=O)O)C1O)OC(C)=O. The molecule has 6 atom stereocenters. The van der Waals surface area contributed by atoms with E-state index in [4.69, 9.17) is 23.5 Å². The summed E-state index contributed by atoms with van der Waals surface area (Å²) in [5, 5.41) is 30.0. The van der Waals surface area contributed by atoms with Crippen LogP contribution in [-0.2, 0) is 38.3 Å². The van der Waals surface area contributed by atoms with Gasteiger partial charge in [0.1, 0.15) is 30.5 Å². The summed E-state index contributed by atoms with van der Waals surface area (Å²) in [7, 11) is -5.04. The molecule has 1 fully saturated rings. The quantitative estimate of drug-likeness (QED) is 0.0223. The molecule has 0 radical (unpaired) electrons. The maximum atomic E-state index is 11.6. The van der Waals surface area contributed by atoms with E-state index in [0.29, 0.717) is 6.61 Å². The van der Waals surface area contributed by atoms with Crippen LogP contribution in [0.5, 0.6) is 0 Å². The Morgan fingerprint density at radius 2 is 1.23 bits per heavy atom. The summed E-state index contributed by atoms with van der Waals surface area (Å²) in [5.74, 6) is -0.574. The fourth-order valence-electron chi connectivity index (χ4n) is 6.17. The Hall–Kier alpha value is -1.42. The number of hydrogen-bond acceptors (Lipinski definition) is 11. The number of rotatable bonds is 34. The Morgan fingerprint density at radius 3 is 1.71 bits per heavy atom. The van der Waals surface area contributed by atoms with E-state index >= 15 is 0 Å². The third-order valence-corrected chi connectivity index (χ3v) is 9.59. The van der Waals surface area contributed by atoms with Crippen molar-refractivity contribution in [3.8, 4) is 0 Å². The first-order valence-corrected chi connectivity index (χ1v) is 21.4.